The molecule has 7 aromatic rings. The lowest BCUT2D eigenvalue weighted by atomic mass is 9.74. The highest BCUT2D eigenvalue weighted by molar-refractivity contribution is 5.99. The standard InChI is InChI=1S/C53H47N/c1-7-53(8-2)45-25-15-10-19-37(45)39-31-29-35(33-48(39)53)54(34-28-30-38-36-18-9-13-23-43(36)52(5,6)47(38)32-34)49-27-16-12-20-40(49)41-22-17-26-46-50(41)42-21-11-14-24-44(42)51(46,3)4/h9-33H,7-8H2,1-6H3. The lowest BCUT2D eigenvalue weighted by molar-refractivity contribution is 0.490. The van der Waals surface area contributed by atoms with Gasteiger partial charge in [-0.2, -0.15) is 0 Å². The molecule has 1 heteroatoms. The summed E-state index contributed by atoms with van der Waals surface area (Å²) in [5.41, 5.74) is 22.5. The van der Waals surface area contributed by atoms with Gasteiger partial charge < -0.3 is 4.90 Å². The zero-order valence-electron chi connectivity index (χ0n) is 32.3. The summed E-state index contributed by atoms with van der Waals surface area (Å²) in [4.78, 5) is 2.55. The Bertz CT molecular complexity index is 2650. The topological polar surface area (TPSA) is 3.24 Å². The van der Waals surface area contributed by atoms with Crippen LogP contribution in [0.1, 0.15) is 87.8 Å². The first-order valence-corrected chi connectivity index (χ1v) is 19.8. The van der Waals surface area contributed by atoms with Gasteiger partial charge in [0.2, 0.25) is 0 Å². The van der Waals surface area contributed by atoms with Crippen LogP contribution in [0.4, 0.5) is 17.1 Å². The van der Waals surface area contributed by atoms with E-state index in [2.05, 4.69) is 198 Å². The summed E-state index contributed by atoms with van der Waals surface area (Å²) in [6.45, 7) is 14.3. The molecule has 3 aliphatic carbocycles. The van der Waals surface area contributed by atoms with E-state index in [9.17, 15) is 0 Å². The minimum atomic E-state index is -0.109. The molecule has 54 heavy (non-hydrogen) atoms. The van der Waals surface area contributed by atoms with E-state index in [-0.39, 0.29) is 16.2 Å². The summed E-state index contributed by atoms with van der Waals surface area (Å²) >= 11 is 0. The lowest BCUT2D eigenvalue weighted by Gasteiger charge is -2.33. The molecule has 264 valence electrons. The van der Waals surface area contributed by atoms with Crippen LogP contribution >= 0.6 is 0 Å². The second kappa shape index (κ2) is 11.7. The molecule has 0 radical (unpaired) electrons. The molecule has 0 N–H and O–H groups in total. The molecule has 0 spiro atoms. The van der Waals surface area contributed by atoms with E-state index in [1.807, 2.05) is 0 Å². The van der Waals surface area contributed by atoms with Gasteiger partial charge in [-0.3, -0.25) is 0 Å². The van der Waals surface area contributed by atoms with Gasteiger partial charge in [-0.1, -0.05) is 163 Å². The van der Waals surface area contributed by atoms with Crippen LogP contribution in [0, 0.1) is 0 Å². The molecule has 0 aromatic heterocycles. The van der Waals surface area contributed by atoms with Gasteiger partial charge in [0, 0.05) is 33.2 Å². The van der Waals surface area contributed by atoms with Crippen LogP contribution in [-0.4, -0.2) is 0 Å². The third-order valence-corrected chi connectivity index (χ3v) is 13.6. The van der Waals surface area contributed by atoms with Gasteiger partial charge in [0.1, 0.15) is 0 Å². The Balaban J connectivity index is 1.24. The van der Waals surface area contributed by atoms with Crippen molar-refractivity contribution >= 4 is 17.1 Å². The van der Waals surface area contributed by atoms with Crippen molar-refractivity contribution in [3.63, 3.8) is 0 Å². The Morgan fingerprint density at radius 2 is 0.815 bits per heavy atom. The number of hydrogen-bond donors (Lipinski definition) is 0. The molecule has 0 bridgehead atoms. The highest BCUT2D eigenvalue weighted by Gasteiger charge is 2.42. The second-order valence-electron chi connectivity index (χ2n) is 16.7. The van der Waals surface area contributed by atoms with E-state index < -0.39 is 0 Å². The monoisotopic (exact) mass is 697 g/mol. The molecular weight excluding hydrogens is 651 g/mol. The fourth-order valence-corrected chi connectivity index (χ4v) is 10.7. The minimum Gasteiger partial charge on any atom is -0.310 e. The van der Waals surface area contributed by atoms with Crippen LogP contribution in [0.5, 0.6) is 0 Å². The first-order chi connectivity index (χ1) is 26.2. The highest BCUT2D eigenvalue weighted by Crippen LogP contribution is 2.57. The minimum absolute atomic E-state index is 0.0236. The first-order valence-electron chi connectivity index (χ1n) is 19.8. The summed E-state index contributed by atoms with van der Waals surface area (Å²) in [6.07, 6.45) is 2.12. The van der Waals surface area contributed by atoms with Crippen LogP contribution < -0.4 is 4.90 Å². The molecule has 0 atom stereocenters. The fraction of sp³-hybridized carbons (Fsp3) is 0.208. The molecule has 10 rings (SSSR count). The number of fused-ring (bicyclic) bond motifs is 9. The average Bonchev–Trinajstić information content (AvgIpc) is 3.72. The molecule has 0 heterocycles. The number of rotatable bonds is 6. The summed E-state index contributed by atoms with van der Waals surface area (Å²) in [7, 11) is 0. The van der Waals surface area contributed by atoms with Crippen molar-refractivity contribution in [1.82, 2.24) is 0 Å². The Labute approximate surface area is 321 Å². The zero-order valence-corrected chi connectivity index (χ0v) is 32.3. The van der Waals surface area contributed by atoms with Gasteiger partial charge in [-0.05, 0) is 115 Å². The van der Waals surface area contributed by atoms with Crippen molar-refractivity contribution in [3.05, 3.63) is 185 Å². The van der Waals surface area contributed by atoms with Gasteiger partial charge >= 0.3 is 0 Å². The van der Waals surface area contributed by atoms with Crippen molar-refractivity contribution in [1.29, 1.82) is 0 Å². The van der Waals surface area contributed by atoms with Crippen molar-refractivity contribution < 1.29 is 0 Å². The quantitative estimate of drug-likeness (QED) is 0.167. The Kier molecular flexibility index (Phi) is 7.12. The summed E-state index contributed by atoms with van der Waals surface area (Å²) < 4.78 is 0. The van der Waals surface area contributed by atoms with Crippen LogP contribution in [-0.2, 0) is 16.2 Å². The maximum absolute atomic E-state index is 2.55. The molecule has 0 saturated carbocycles. The Morgan fingerprint density at radius 1 is 0.370 bits per heavy atom. The van der Waals surface area contributed by atoms with E-state index in [0.717, 1.165) is 12.8 Å². The summed E-state index contributed by atoms with van der Waals surface area (Å²) in [6, 6.07) is 57.6. The van der Waals surface area contributed by atoms with Crippen molar-refractivity contribution in [2.24, 2.45) is 0 Å². The van der Waals surface area contributed by atoms with Gasteiger partial charge in [-0.15, -0.1) is 0 Å². The van der Waals surface area contributed by atoms with Gasteiger partial charge in [0.25, 0.3) is 0 Å². The normalized spacial score (nSPS) is 15.8. The molecular formula is C53H47N. The number of hydrogen-bond acceptors (Lipinski definition) is 1. The van der Waals surface area contributed by atoms with E-state index >= 15 is 0 Å². The van der Waals surface area contributed by atoms with E-state index in [0.29, 0.717) is 0 Å². The van der Waals surface area contributed by atoms with Crippen molar-refractivity contribution in [2.75, 3.05) is 4.90 Å². The predicted molar refractivity (Wildman–Crippen MR) is 228 cm³/mol. The van der Waals surface area contributed by atoms with Crippen LogP contribution in [0.15, 0.2) is 152 Å². The van der Waals surface area contributed by atoms with Crippen LogP contribution in [0.3, 0.4) is 0 Å². The van der Waals surface area contributed by atoms with Crippen LogP contribution in [0.25, 0.3) is 44.5 Å². The number of benzene rings is 7. The number of para-hydroxylation sites is 1. The van der Waals surface area contributed by atoms with E-state index in [1.54, 1.807) is 0 Å². The predicted octanol–water partition coefficient (Wildman–Crippen LogP) is 14.5. The van der Waals surface area contributed by atoms with Crippen molar-refractivity contribution in [2.45, 2.75) is 70.6 Å². The smallest absolute Gasteiger partial charge is 0.0540 e. The van der Waals surface area contributed by atoms with E-state index in [4.69, 9.17) is 0 Å². The van der Waals surface area contributed by atoms with Gasteiger partial charge in [-0.25, -0.2) is 0 Å². The molecule has 7 aromatic carbocycles. The number of anilines is 3. The van der Waals surface area contributed by atoms with Crippen LogP contribution in [0.2, 0.25) is 0 Å². The fourth-order valence-electron chi connectivity index (χ4n) is 10.7. The highest BCUT2D eigenvalue weighted by atomic mass is 15.1. The van der Waals surface area contributed by atoms with Crippen molar-refractivity contribution in [3.8, 4) is 44.5 Å². The number of nitrogens with zero attached hydrogens (tertiary/aromatic N) is 1. The molecule has 0 aliphatic heterocycles. The molecule has 0 amide bonds. The SMILES string of the molecule is CCC1(CC)c2ccccc2-c2ccc(N(c3ccc4c(c3)C(C)(C)c3ccccc3-4)c3ccccc3-c3cccc4c3-c3ccccc3C4(C)C)cc21. The maximum Gasteiger partial charge on any atom is 0.0540 e. The average molecular weight is 698 g/mol. The summed E-state index contributed by atoms with van der Waals surface area (Å²) in [5, 5.41) is 0. The summed E-state index contributed by atoms with van der Waals surface area (Å²) in [5.74, 6) is 0. The molecule has 0 fully saturated rings. The molecule has 3 aliphatic rings. The second-order valence-corrected chi connectivity index (χ2v) is 16.7. The zero-order chi connectivity index (χ0) is 37.0. The van der Waals surface area contributed by atoms with Gasteiger partial charge in [0.15, 0.2) is 0 Å². The Hall–Kier alpha value is -5.66. The maximum atomic E-state index is 2.55. The van der Waals surface area contributed by atoms with Gasteiger partial charge in [0.05, 0.1) is 5.69 Å². The molecule has 0 unspecified atom stereocenters. The first kappa shape index (κ1) is 32.9. The third kappa shape index (κ3) is 4.33. The lowest BCUT2D eigenvalue weighted by Crippen LogP contribution is -2.23. The largest absolute Gasteiger partial charge is 0.310 e. The molecule has 1 nitrogen and oxygen atoms in total. The Morgan fingerprint density at radius 3 is 1.48 bits per heavy atom. The van der Waals surface area contributed by atoms with E-state index in [1.165, 1.54) is 95.0 Å². The third-order valence-electron chi connectivity index (χ3n) is 13.6. The molecule has 0 saturated heterocycles.